The van der Waals surface area contributed by atoms with Crippen LogP contribution in [-0.4, -0.2) is 27.9 Å². The van der Waals surface area contributed by atoms with Crippen molar-refractivity contribution in [3.8, 4) is 5.75 Å². The first-order valence-electron chi connectivity index (χ1n) is 11.8. The Bertz CT molecular complexity index is 1500. The van der Waals surface area contributed by atoms with E-state index in [0.29, 0.717) is 22.7 Å². The number of carbonyl (C=O) groups is 2. The van der Waals surface area contributed by atoms with Gasteiger partial charge in [-0.2, -0.15) is 0 Å². The van der Waals surface area contributed by atoms with E-state index in [4.69, 9.17) is 4.74 Å². The molecule has 0 saturated carbocycles. The number of nitrogens with zero attached hydrogens (tertiary/aromatic N) is 2. The molecular formula is C30H26N2O4. The van der Waals surface area contributed by atoms with Gasteiger partial charge in [-0.3, -0.25) is 19.5 Å². The molecular weight excluding hydrogens is 452 g/mol. The van der Waals surface area contributed by atoms with Crippen molar-refractivity contribution in [3.63, 3.8) is 0 Å². The van der Waals surface area contributed by atoms with Crippen LogP contribution in [0.15, 0.2) is 90.6 Å². The molecule has 1 N–H and O–H groups in total. The number of anilines is 1. The Morgan fingerprint density at radius 3 is 2.44 bits per heavy atom. The summed E-state index contributed by atoms with van der Waals surface area (Å²) in [7, 11) is 0. The van der Waals surface area contributed by atoms with Crippen molar-refractivity contribution in [1.29, 1.82) is 0 Å². The molecule has 1 unspecified atom stereocenters. The predicted molar refractivity (Wildman–Crippen MR) is 140 cm³/mol. The van der Waals surface area contributed by atoms with E-state index in [2.05, 4.69) is 4.98 Å². The first-order chi connectivity index (χ1) is 17.4. The lowest BCUT2D eigenvalue weighted by atomic mass is 9.97. The average Bonchev–Trinajstić information content (AvgIpc) is 3.15. The van der Waals surface area contributed by atoms with Crippen molar-refractivity contribution >= 4 is 33.9 Å². The Balaban J connectivity index is 1.71. The van der Waals surface area contributed by atoms with Crippen LogP contribution in [0.5, 0.6) is 5.75 Å². The quantitative estimate of drug-likeness (QED) is 0.218. The lowest BCUT2D eigenvalue weighted by molar-refractivity contribution is -0.132. The number of hydrogen-bond acceptors (Lipinski definition) is 5. The lowest BCUT2D eigenvalue weighted by Crippen LogP contribution is -2.30. The molecule has 0 aliphatic carbocycles. The molecule has 0 radical (unpaired) electrons. The first kappa shape index (κ1) is 23.3. The number of aliphatic hydroxyl groups is 1. The van der Waals surface area contributed by atoms with Crippen LogP contribution in [0.3, 0.4) is 0 Å². The minimum Gasteiger partial charge on any atom is -0.507 e. The van der Waals surface area contributed by atoms with Crippen LogP contribution in [0.4, 0.5) is 5.69 Å². The van der Waals surface area contributed by atoms with Crippen molar-refractivity contribution in [3.05, 3.63) is 107 Å². The maximum Gasteiger partial charge on any atom is 0.300 e. The summed E-state index contributed by atoms with van der Waals surface area (Å²) in [5.41, 5.74) is 2.32. The highest BCUT2D eigenvalue weighted by atomic mass is 16.5. The van der Waals surface area contributed by atoms with Gasteiger partial charge in [0.1, 0.15) is 17.6 Å². The summed E-state index contributed by atoms with van der Waals surface area (Å²) in [5.74, 6) is -1.01. The van der Waals surface area contributed by atoms with Gasteiger partial charge < -0.3 is 9.84 Å². The van der Waals surface area contributed by atoms with Crippen LogP contribution in [0.2, 0.25) is 0 Å². The molecule has 1 aromatic heterocycles. The van der Waals surface area contributed by atoms with Crippen LogP contribution in [0.1, 0.15) is 36.7 Å². The number of aromatic nitrogens is 1. The number of aryl methyl sites for hydroxylation is 1. The molecule has 1 amide bonds. The molecule has 36 heavy (non-hydrogen) atoms. The third kappa shape index (κ3) is 4.01. The zero-order valence-corrected chi connectivity index (χ0v) is 20.3. The normalized spacial score (nSPS) is 17.2. The maximum absolute atomic E-state index is 13.5. The summed E-state index contributed by atoms with van der Waals surface area (Å²) in [5, 5.41) is 13.2. The van der Waals surface area contributed by atoms with Crippen LogP contribution in [0.25, 0.3) is 16.5 Å². The number of rotatable bonds is 5. The number of aliphatic hydroxyl groups excluding tert-OH is 1. The van der Waals surface area contributed by atoms with Gasteiger partial charge in [0.05, 0.1) is 23.1 Å². The number of hydrogen-bond donors (Lipinski definition) is 1. The molecule has 4 aromatic rings. The Hall–Kier alpha value is -4.45. The molecule has 1 fully saturated rings. The Morgan fingerprint density at radius 1 is 0.972 bits per heavy atom. The van der Waals surface area contributed by atoms with Gasteiger partial charge in [0.25, 0.3) is 11.7 Å². The Morgan fingerprint density at radius 2 is 1.72 bits per heavy atom. The van der Waals surface area contributed by atoms with Crippen molar-refractivity contribution < 1.29 is 19.4 Å². The van der Waals surface area contributed by atoms with Gasteiger partial charge >= 0.3 is 0 Å². The number of ether oxygens (including phenoxy) is 1. The highest BCUT2D eigenvalue weighted by molar-refractivity contribution is 6.52. The van der Waals surface area contributed by atoms with E-state index in [9.17, 15) is 14.7 Å². The number of carbonyl (C=O) groups excluding carboxylic acids is 2. The molecule has 6 nitrogen and oxygen atoms in total. The third-order valence-electron chi connectivity index (χ3n) is 6.25. The van der Waals surface area contributed by atoms with E-state index < -0.39 is 17.7 Å². The van der Waals surface area contributed by atoms with Gasteiger partial charge in [0.2, 0.25) is 0 Å². The van der Waals surface area contributed by atoms with Gasteiger partial charge in [-0.05, 0) is 68.1 Å². The molecule has 1 aliphatic rings. The number of pyridine rings is 1. The fraction of sp³-hybridized carbons (Fsp3) is 0.167. The van der Waals surface area contributed by atoms with Crippen LogP contribution in [0, 0.1) is 6.92 Å². The number of benzene rings is 3. The molecule has 0 spiro atoms. The van der Waals surface area contributed by atoms with Gasteiger partial charge in [0.15, 0.2) is 0 Å². The predicted octanol–water partition coefficient (Wildman–Crippen LogP) is 5.96. The minimum absolute atomic E-state index is 0.00155. The van der Waals surface area contributed by atoms with E-state index in [0.717, 1.165) is 16.3 Å². The van der Waals surface area contributed by atoms with Gasteiger partial charge in [-0.1, -0.05) is 42.5 Å². The van der Waals surface area contributed by atoms with Crippen molar-refractivity contribution in [1.82, 2.24) is 4.98 Å². The summed E-state index contributed by atoms with van der Waals surface area (Å²) < 4.78 is 5.81. The van der Waals surface area contributed by atoms with Gasteiger partial charge in [-0.15, -0.1) is 0 Å². The monoisotopic (exact) mass is 478 g/mol. The summed E-state index contributed by atoms with van der Waals surface area (Å²) in [6, 6.07) is 23.0. The fourth-order valence-corrected chi connectivity index (χ4v) is 4.66. The number of amides is 1. The molecule has 1 atom stereocenters. The smallest absolute Gasteiger partial charge is 0.300 e. The standard InChI is InChI=1S/C30H26N2O4/c1-18(2)36-25-15-14-21(17-19(25)3)28(33)26-27(23-12-6-7-16-31-23)32(30(35)29(26)34)24-13-8-10-20-9-4-5-11-22(20)24/h4-18,27,33H,1-3H3/b28-26+. The van der Waals surface area contributed by atoms with Crippen LogP contribution < -0.4 is 9.64 Å². The summed E-state index contributed by atoms with van der Waals surface area (Å²) in [4.78, 5) is 32.9. The topological polar surface area (TPSA) is 79.7 Å². The van der Waals surface area contributed by atoms with Crippen molar-refractivity contribution in [2.45, 2.75) is 32.9 Å². The molecule has 1 saturated heterocycles. The van der Waals surface area contributed by atoms with Crippen molar-refractivity contribution in [2.24, 2.45) is 0 Å². The number of ketones is 1. The van der Waals surface area contributed by atoms with E-state index in [1.54, 1.807) is 42.6 Å². The molecule has 6 heteroatoms. The van der Waals surface area contributed by atoms with Crippen LogP contribution >= 0.6 is 0 Å². The second kappa shape index (κ2) is 9.30. The van der Waals surface area contributed by atoms with Gasteiger partial charge in [-0.25, -0.2) is 0 Å². The van der Waals surface area contributed by atoms with E-state index >= 15 is 0 Å². The number of Topliss-reactive ketones (excluding diaryl/α,β-unsaturated/α-hetero) is 1. The minimum atomic E-state index is -0.885. The average molecular weight is 479 g/mol. The zero-order valence-electron chi connectivity index (χ0n) is 20.3. The summed E-state index contributed by atoms with van der Waals surface area (Å²) >= 11 is 0. The highest BCUT2D eigenvalue weighted by Crippen LogP contribution is 2.43. The zero-order chi connectivity index (χ0) is 25.4. The number of fused-ring (bicyclic) bond motifs is 1. The van der Waals surface area contributed by atoms with Gasteiger partial charge in [0, 0.05) is 17.1 Å². The molecule has 1 aliphatic heterocycles. The van der Waals surface area contributed by atoms with E-state index in [-0.39, 0.29) is 17.4 Å². The van der Waals surface area contributed by atoms with Crippen molar-refractivity contribution in [2.75, 3.05) is 4.90 Å². The molecule has 2 heterocycles. The lowest BCUT2D eigenvalue weighted by Gasteiger charge is -2.26. The molecule has 180 valence electrons. The maximum atomic E-state index is 13.5. The fourth-order valence-electron chi connectivity index (χ4n) is 4.66. The second-order valence-corrected chi connectivity index (χ2v) is 9.07. The molecule has 5 rings (SSSR count). The van der Waals surface area contributed by atoms with Crippen LogP contribution in [-0.2, 0) is 9.59 Å². The highest BCUT2D eigenvalue weighted by Gasteiger charge is 2.48. The first-order valence-corrected chi connectivity index (χ1v) is 11.8. The SMILES string of the molecule is Cc1cc(/C(O)=C2\C(=O)C(=O)N(c3cccc4ccccc34)C2c2ccccn2)ccc1OC(C)C. The molecule has 0 bridgehead atoms. The summed E-state index contributed by atoms with van der Waals surface area (Å²) in [6.45, 7) is 5.75. The van der Waals surface area contributed by atoms with E-state index in [1.165, 1.54) is 4.90 Å². The largest absolute Gasteiger partial charge is 0.507 e. The second-order valence-electron chi connectivity index (χ2n) is 9.07. The van der Waals surface area contributed by atoms with E-state index in [1.807, 2.05) is 63.2 Å². The third-order valence-corrected chi connectivity index (χ3v) is 6.25. The Kier molecular flexibility index (Phi) is 6.02. The summed E-state index contributed by atoms with van der Waals surface area (Å²) in [6.07, 6.45) is 1.61. The Labute approximate surface area is 209 Å². The molecule has 3 aromatic carbocycles.